The number of fused-ring (bicyclic) bond motifs is 2. The summed E-state index contributed by atoms with van der Waals surface area (Å²) < 4.78 is 1.51. The third kappa shape index (κ3) is 2.57. The molecule has 0 atom stereocenters. The van der Waals surface area contributed by atoms with E-state index in [0.717, 1.165) is 5.39 Å². The van der Waals surface area contributed by atoms with Crippen molar-refractivity contribution in [2.24, 2.45) is 0 Å². The number of aromatic nitrogens is 2. The predicted octanol–water partition coefficient (Wildman–Crippen LogP) is 3.40. The lowest BCUT2D eigenvalue weighted by atomic mass is 10.1. The Balaban J connectivity index is 1.71. The number of nitrogens with zero attached hydrogens (tertiary/aromatic N) is 1. The minimum Gasteiger partial charge on any atom is -0.360 e. The number of hydrogen-bond acceptors (Lipinski definition) is 3. The van der Waals surface area contributed by atoms with Crippen molar-refractivity contribution in [2.75, 3.05) is 5.32 Å². The number of carbonyl (C=O) groups is 2. The fraction of sp³-hybridized carbons (Fsp3) is 0.0500. The molecule has 6 heteroatoms. The lowest BCUT2D eigenvalue weighted by Gasteiger charge is -2.07. The van der Waals surface area contributed by atoms with Crippen molar-refractivity contribution in [2.45, 2.75) is 6.92 Å². The molecule has 4 aromatic rings. The van der Waals surface area contributed by atoms with E-state index in [9.17, 15) is 14.4 Å². The number of pyridine rings is 1. The van der Waals surface area contributed by atoms with Crippen LogP contribution in [0.25, 0.3) is 21.8 Å². The molecular formula is C20H15N3O3. The summed E-state index contributed by atoms with van der Waals surface area (Å²) in [4.78, 5) is 39.8. The molecule has 0 radical (unpaired) electrons. The summed E-state index contributed by atoms with van der Waals surface area (Å²) in [5.74, 6) is -0.619. The molecule has 0 saturated heterocycles. The van der Waals surface area contributed by atoms with Gasteiger partial charge in [0.25, 0.3) is 5.91 Å². The van der Waals surface area contributed by atoms with Crippen LogP contribution >= 0.6 is 0 Å². The predicted molar refractivity (Wildman–Crippen MR) is 101 cm³/mol. The highest BCUT2D eigenvalue weighted by Crippen LogP contribution is 2.21. The van der Waals surface area contributed by atoms with Gasteiger partial charge in [0.2, 0.25) is 11.3 Å². The zero-order chi connectivity index (χ0) is 18.3. The number of nitrogens with one attached hydrogen (secondary N) is 2. The Bertz CT molecular complexity index is 1230. The first-order valence-electron chi connectivity index (χ1n) is 8.08. The van der Waals surface area contributed by atoms with Crippen molar-refractivity contribution < 1.29 is 9.59 Å². The zero-order valence-corrected chi connectivity index (χ0v) is 13.9. The van der Waals surface area contributed by atoms with E-state index < -0.39 is 5.91 Å². The van der Waals surface area contributed by atoms with Crippen LogP contribution < -0.4 is 10.7 Å². The van der Waals surface area contributed by atoms with Crippen molar-refractivity contribution in [3.8, 4) is 0 Å². The maximum Gasteiger partial charge on any atom is 0.261 e. The van der Waals surface area contributed by atoms with E-state index in [1.807, 2.05) is 18.2 Å². The number of rotatable bonds is 2. The largest absolute Gasteiger partial charge is 0.360 e. The molecule has 2 aromatic heterocycles. The van der Waals surface area contributed by atoms with Gasteiger partial charge in [-0.3, -0.25) is 19.0 Å². The van der Waals surface area contributed by atoms with Gasteiger partial charge < -0.3 is 10.3 Å². The topological polar surface area (TPSA) is 84.0 Å². The van der Waals surface area contributed by atoms with E-state index >= 15 is 0 Å². The Morgan fingerprint density at radius 3 is 2.69 bits per heavy atom. The molecule has 0 aliphatic heterocycles. The average Bonchev–Trinajstić information content (AvgIpc) is 3.05. The van der Waals surface area contributed by atoms with Gasteiger partial charge in [-0.25, -0.2) is 0 Å². The van der Waals surface area contributed by atoms with Crippen molar-refractivity contribution >= 4 is 39.3 Å². The van der Waals surface area contributed by atoms with Crippen LogP contribution in [0.2, 0.25) is 0 Å². The molecule has 128 valence electrons. The molecule has 0 fully saturated rings. The SMILES string of the molecule is CC(=O)n1ccc2ccc(NC(=O)c3c[nH]c4ccccc4c3=O)cc21. The fourth-order valence-corrected chi connectivity index (χ4v) is 3.02. The molecule has 0 aliphatic carbocycles. The highest BCUT2D eigenvalue weighted by Gasteiger charge is 2.14. The first-order valence-corrected chi connectivity index (χ1v) is 8.08. The number of carbonyl (C=O) groups excluding carboxylic acids is 2. The summed E-state index contributed by atoms with van der Waals surface area (Å²) in [5.41, 5.74) is 1.59. The van der Waals surface area contributed by atoms with Gasteiger partial charge in [0.05, 0.1) is 5.52 Å². The minimum atomic E-state index is -0.503. The van der Waals surface area contributed by atoms with E-state index in [1.165, 1.54) is 17.7 Å². The van der Waals surface area contributed by atoms with E-state index in [4.69, 9.17) is 0 Å². The van der Waals surface area contributed by atoms with Gasteiger partial charge in [-0.15, -0.1) is 0 Å². The van der Waals surface area contributed by atoms with Crippen LogP contribution in [0.4, 0.5) is 5.69 Å². The summed E-state index contributed by atoms with van der Waals surface area (Å²) in [7, 11) is 0. The van der Waals surface area contributed by atoms with Crippen molar-refractivity contribution in [1.29, 1.82) is 0 Å². The van der Waals surface area contributed by atoms with E-state index in [1.54, 1.807) is 36.5 Å². The van der Waals surface area contributed by atoms with Crippen LogP contribution in [0.5, 0.6) is 0 Å². The molecular weight excluding hydrogens is 330 g/mol. The molecule has 4 rings (SSSR count). The second-order valence-electron chi connectivity index (χ2n) is 6.01. The van der Waals surface area contributed by atoms with Crippen LogP contribution in [0.3, 0.4) is 0 Å². The number of benzene rings is 2. The van der Waals surface area contributed by atoms with Crippen molar-refractivity contribution in [3.05, 3.63) is 76.7 Å². The average molecular weight is 345 g/mol. The summed E-state index contributed by atoms with van der Waals surface area (Å²) >= 11 is 0. The number of aromatic amines is 1. The molecule has 0 spiro atoms. The smallest absolute Gasteiger partial charge is 0.261 e. The lowest BCUT2D eigenvalue weighted by Crippen LogP contribution is -2.21. The Labute approximate surface area is 148 Å². The van der Waals surface area contributed by atoms with Crippen LogP contribution in [0.15, 0.2) is 65.7 Å². The third-order valence-corrected chi connectivity index (χ3v) is 4.32. The minimum absolute atomic E-state index is 0.0331. The molecule has 1 amide bonds. The van der Waals surface area contributed by atoms with Gasteiger partial charge in [0.15, 0.2) is 0 Å². The number of amides is 1. The molecule has 0 bridgehead atoms. The van der Waals surface area contributed by atoms with Gasteiger partial charge in [-0.2, -0.15) is 0 Å². The second-order valence-corrected chi connectivity index (χ2v) is 6.01. The van der Waals surface area contributed by atoms with Crippen LogP contribution in [0.1, 0.15) is 22.1 Å². The van der Waals surface area contributed by atoms with Crippen molar-refractivity contribution in [1.82, 2.24) is 9.55 Å². The van der Waals surface area contributed by atoms with Crippen LogP contribution in [-0.4, -0.2) is 21.4 Å². The highest BCUT2D eigenvalue weighted by molar-refractivity contribution is 6.06. The Morgan fingerprint density at radius 2 is 1.88 bits per heavy atom. The standard InChI is InChI=1S/C20H15N3O3/c1-12(24)23-9-8-13-6-7-14(10-18(13)23)22-20(26)16-11-21-17-5-3-2-4-15(17)19(16)25/h2-11H,1H3,(H,21,25)(H,22,26). The number of hydrogen-bond donors (Lipinski definition) is 2. The summed E-state index contributed by atoms with van der Waals surface area (Å²) in [6.07, 6.45) is 3.10. The molecule has 2 N–H and O–H groups in total. The zero-order valence-electron chi connectivity index (χ0n) is 13.9. The van der Waals surface area contributed by atoms with Crippen molar-refractivity contribution in [3.63, 3.8) is 0 Å². The summed E-state index contributed by atoms with van der Waals surface area (Å²) in [6.45, 7) is 1.47. The molecule has 2 aromatic carbocycles. The molecule has 2 heterocycles. The molecule has 6 nitrogen and oxygen atoms in total. The molecule has 0 unspecified atom stereocenters. The van der Waals surface area contributed by atoms with Gasteiger partial charge in [0.1, 0.15) is 5.56 Å². The highest BCUT2D eigenvalue weighted by atomic mass is 16.2. The van der Waals surface area contributed by atoms with Gasteiger partial charge in [0, 0.05) is 41.3 Å². The molecule has 26 heavy (non-hydrogen) atoms. The van der Waals surface area contributed by atoms with Gasteiger partial charge >= 0.3 is 0 Å². The Kier molecular flexibility index (Phi) is 3.65. The number of para-hydroxylation sites is 1. The molecule has 0 aliphatic rings. The van der Waals surface area contributed by atoms with E-state index in [2.05, 4.69) is 10.3 Å². The normalized spacial score (nSPS) is 11.0. The monoisotopic (exact) mass is 345 g/mol. The van der Waals surface area contributed by atoms with Crippen LogP contribution in [-0.2, 0) is 0 Å². The lowest BCUT2D eigenvalue weighted by molar-refractivity contribution is 0.0941. The Morgan fingerprint density at radius 1 is 1.08 bits per heavy atom. The van der Waals surface area contributed by atoms with Crippen LogP contribution in [0, 0.1) is 0 Å². The number of anilines is 1. The maximum atomic E-state index is 12.6. The van der Waals surface area contributed by atoms with E-state index in [-0.39, 0.29) is 16.9 Å². The second kappa shape index (κ2) is 6.00. The fourth-order valence-electron chi connectivity index (χ4n) is 3.02. The van der Waals surface area contributed by atoms with Gasteiger partial charge in [-0.05, 0) is 30.3 Å². The summed E-state index contributed by atoms with van der Waals surface area (Å²) in [5, 5.41) is 4.08. The van der Waals surface area contributed by atoms with Gasteiger partial charge in [-0.1, -0.05) is 18.2 Å². The summed E-state index contributed by atoms with van der Waals surface area (Å²) in [6, 6.07) is 14.1. The first-order chi connectivity index (χ1) is 12.5. The van der Waals surface area contributed by atoms with E-state index in [0.29, 0.717) is 22.1 Å². The quantitative estimate of drug-likeness (QED) is 0.584. The first kappa shape index (κ1) is 15.8. The number of H-pyrrole nitrogens is 1. The maximum absolute atomic E-state index is 12.6. The Hall–Kier alpha value is -3.67. The third-order valence-electron chi connectivity index (χ3n) is 4.32. The molecule has 0 saturated carbocycles.